The van der Waals surface area contributed by atoms with Gasteiger partial charge in [0, 0.05) is 53.7 Å². The number of H-pyrrole nitrogens is 2. The zero-order valence-corrected chi connectivity index (χ0v) is 35.5. The highest BCUT2D eigenvalue weighted by Crippen LogP contribution is 2.32. The molecule has 6 aromatic heterocycles. The average Bonchev–Trinajstić information content (AvgIpc) is 3.95. The number of aromatic amines is 2. The number of halogens is 8. The predicted molar refractivity (Wildman–Crippen MR) is 226 cm³/mol. The van der Waals surface area contributed by atoms with Crippen molar-refractivity contribution in [3.05, 3.63) is 93.3 Å². The molecule has 352 valence electrons. The molecular formula is C40H42F8N14O4. The van der Waals surface area contributed by atoms with Gasteiger partial charge in [-0.15, -0.1) is 0 Å². The number of anilines is 4. The third-order valence-corrected chi connectivity index (χ3v) is 11.4. The summed E-state index contributed by atoms with van der Waals surface area (Å²) in [6.07, 6.45) is -4.04. The van der Waals surface area contributed by atoms with Gasteiger partial charge in [0.05, 0.1) is 83.5 Å². The van der Waals surface area contributed by atoms with Gasteiger partial charge in [-0.2, -0.15) is 36.5 Å². The molecule has 6 aromatic rings. The van der Waals surface area contributed by atoms with Gasteiger partial charge in [0.15, 0.2) is 0 Å². The van der Waals surface area contributed by atoms with Crippen molar-refractivity contribution >= 4 is 56.9 Å². The lowest BCUT2D eigenvalue weighted by atomic mass is 10.0. The Labute approximate surface area is 368 Å². The van der Waals surface area contributed by atoms with Gasteiger partial charge in [-0.3, -0.25) is 29.8 Å². The molecule has 0 unspecified atom stereocenters. The Kier molecular flexibility index (Phi) is 13.0. The van der Waals surface area contributed by atoms with Crippen molar-refractivity contribution in [3.8, 4) is 0 Å². The number of urea groups is 2. The van der Waals surface area contributed by atoms with Crippen LogP contribution < -0.4 is 31.6 Å². The van der Waals surface area contributed by atoms with E-state index < -0.39 is 82.5 Å². The average molecular weight is 935 g/mol. The number of fused-ring (bicyclic) bond motifs is 2. The van der Waals surface area contributed by atoms with Gasteiger partial charge in [-0.1, -0.05) is 0 Å². The number of aryl methyl sites for hydroxylation is 2. The molecule has 2 saturated heterocycles. The van der Waals surface area contributed by atoms with Crippen molar-refractivity contribution in [2.75, 3.05) is 60.7 Å². The monoisotopic (exact) mass is 934 g/mol. The van der Waals surface area contributed by atoms with Gasteiger partial charge in [0.2, 0.25) is 0 Å². The molecule has 18 nitrogen and oxygen atoms in total. The van der Waals surface area contributed by atoms with Gasteiger partial charge in [0.25, 0.3) is 11.1 Å². The number of piperidine rings is 2. The molecule has 2 aliphatic rings. The Bertz CT molecular complexity index is 2670. The second kappa shape index (κ2) is 18.3. The Morgan fingerprint density at radius 1 is 0.652 bits per heavy atom. The van der Waals surface area contributed by atoms with E-state index in [0.717, 1.165) is 33.0 Å². The van der Waals surface area contributed by atoms with Crippen LogP contribution >= 0.6 is 0 Å². The van der Waals surface area contributed by atoms with Gasteiger partial charge < -0.3 is 39.4 Å². The smallest absolute Gasteiger partial charge is 0.367 e. The van der Waals surface area contributed by atoms with Crippen molar-refractivity contribution in [1.82, 2.24) is 49.3 Å². The molecule has 4 N–H and O–H groups in total. The van der Waals surface area contributed by atoms with Gasteiger partial charge in [0.1, 0.15) is 34.8 Å². The minimum Gasteiger partial charge on any atom is -0.367 e. The van der Waals surface area contributed by atoms with Crippen LogP contribution in [0.2, 0.25) is 0 Å². The molecule has 0 bridgehead atoms. The minimum atomic E-state index is -4.69. The van der Waals surface area contributed by atoms with E-state index in [2.05, 4.69) is 41.0 Å². The highest BCUT2D eigenvalue weighted by molar-refractivity contribution is 5.90. The molecular weight excluding hydrogens is 893 g/mol. The van der Waals surface area contributed by atoms with Crippen molar-refractivity contribution in [1.29, 1.82) is 0 Å². The number of carbonyl (C=O) groups excluding carboxylic acids is 2. The summed E-state index contributed by atoms with van der Waals surface area (Å²) in [6, 6.07) is 1.38. The molecule has 0 spiro atoms. The van der Waals surface area contributed by atoms with E-state index in [0.29, 0.717) is 71.1 Å². The van der Waals surface area contributed by atoms with Crippen LogP contribution in [0.1, 0.15) is 24.0 Å². The summed E-state index contributed by atoms with van der Waals surface area (Å²) in [7, 11) is 5.00. The second-order valence-corrected chi connectivity index (χ2v) is 15.8. The third-order valence-electron chi connectivity index (χ3n) is 11.4. The molecule has 4 amide bonds. The van der Waals surface area contributed by atoms with Crippen LogP contribution in [0.4, 0.5) is 67.5 Å². The lowest BCUT2D eigenvalue weighted by Crippen LogP contribution is -2.54. The number of rotatable bonds is 6. The first-order valence-corrected chi connectivity index (χ1v) is 20.1. The quantitative estimate of drug-likeness (QED) is 0.155. The number of pyridine rings is 4. The Morgan fingerprint density at radius 2 is 1.03 bits per heavy atom. The number of hydrogen-bond donors (Lipinski definition) is 4. The summed E-state index contributed by atoms with van der Waals surface area (Å²) in [6.45, 7) is 0.842. The summed E-state index contributed by atoms with van der Waals surface area (Å²) in [5.41, 5.74) is -0.648. The molecule has 0 aliphatic carbocycles. The summed E-state index contributed by atoms with van der Waals surface area (Å²) >= 11 is 0. The predicted octanol–water partition coefficient (Wildman–Crippen LogP) is 5.51. The van der Waals surface area contributed by atoms with Crippen LogP contribution in [0, 0.1) is 0 Å². The molecule has 2 fully saturated rings. The number of carbonyl (C=O) groups is 2. The summed E-state index contributed by atoms with van der Waals surface area (Å²) in [5, 5.41) is 17.8. The Hall–Kier alpha value is -7.28. The van der Waals surface area contributed by atoms with Crippen LogP contribution in [0.25, 0.3) is 22.1 Å². The van der Waals surface area contributed by atoms with Crippen LogP contribution in [0.5, 0.6) is 0 Å². The lowest BCUT2D eigenvalue weighted by Gasteiger charge is -2.39. The number of nitrogens with zero attached hydrogens (tertiary/aromatic N) is 10. The maximum absolute atomic E-state index is 15.0. The summed E-state index contributed by atoms with van der Waals surface area (Å²) in [5.74, 6) is 0. The highest BCUT2D eigenvalue weighted by Gasteiger charge is 2.38. The lowest BCUT2D eigenvalue weighted by molar-refractivity contribution is -0.138. The number of alkyl halides is 8. The standard InChI is InChI=1S/2C20H21F4N7O2/c2*1-29-9-11(20(22,23)24)5-15(18(29)32)27-19(33)30(2)17-3-4-31(10-13(17)21)12-6-14-16(25-7-12)8-26-28-14/h2*5-9,13,17H,3-4,10H2,1-2H3,(H,26,28)(H,27,33)/t2*13-,17+/m10/s1. The van der Waals surface area contributed by atoms with Crippen molar-refractivity contribution < 1.29 is 44.7 Å². The Morgan fingerprint density at radius 3 is 1.38 bits per heavy atom. The van der Waals surface area contributed by atoms with E-state index in [1.165, 1.54) is 14.1 Å². The zero-order valence-electron chi connectivity index (χ0n) is 35.5. The van der Waals surface area contributed by atoms with Crippen molar-refractivity contribution in [3.63, 3.8) is 0 Å². The van der Waals surface area contributed by atoms with Gasteiger partial charge >= 0.3 is 24.4 Å². The van der Waals surface area contributed by atoms with E-state index in [-0.39, 0.29) is 25.9 Å². The molecule has 8 heterocycles. The summed E-state index contributed by atoms with van der Waals surface area (Å²) in [4.78, 5) is 63.9. The number of aromatic nitrogens is 8. The largest absolute Gasteiger partial charge is 0.417 e. The fraction of sp³-hybridized carbons (Fsp3) is 0.400. The first-order valence-electron chi connectivity index (χ1n) is 20.1. The topological polar surface area (TPSA) is 198 Å². The normalized spacial score (nSPS) is 19.0. The third kappa shape index (κ3) is 10.00. The zero-order chi connectivity index (χ0) is 47.8. The highest BCUT2D eigenvalue weighted by atomic mass is 19.4. The number of nitrogens with one attached hydrogen (secondary N) is 4. The first-order chi connectivity index (χ1) is 31.1. The first kappa shape index (κ1) is 46.7. The summed E-state index contributed by atoms with van der Waals surface area (Å²) < 4.78 is 110. The molecule has 8 rings (SSSR count). The molecule has 66 heavy (non-hydrogen) atoms. The molecule has 26 heteroatoms. The maximum Gasteiger partial charge on any atom is 0.417 e. The fourth-order valence-electron chi connectivity index (χ4n) is 7.73. The maximum atomic E-state index is 15.0. The Balaban J connectivity index is 0.000000196. The van der Waals surface area contributed by atoms with Gasteiger partial charge in [-0.05, 0) is 37.1 Å². The molecule has 0 aromatic carbocycles. The van der Waals surface area contributed by atoms with Gasteiger partial charge in [-0.25, -0.2) is 18.4 Å². The van der Waals surface area contributed by atoms with E-state index in [1.807, 2.05) is 12.1 Å². The second-order valence-electron chi connectivity index (χ2n) is 15.8. The minimum absolute atomic E-state index is 0.00502. The van der Waals surface area contributed by atoms with Crippen molar-refractivity contribution in [2.45, 2.75) is 49.6 Å². The van der Waals surface area contributed by atoms with E-state index in [1.54, 1.807) is 34.6 Å². The van der Waals surface area contributed by atoms with E-state index in [9.17, 15) is 45.5 Å². The van der Waals surface area contributed by atoms with Crippen molar-refractivity contribution in [2.24, 2.45) is 14.1 Å². The van der Waals surface area contributed by atoms with Crippen LogP contribution in [-0.4, -0.2) is 126 Å². The SMILES string of the molecule is CN(C(=O)Nc1cc(C(F)(F)F)cn(C)c1=O)[C@@H]1CCN(c2cnc3cn[nH]c3c2)C[C@@H]1F.CN(C(=O)Nc1cc(C(F)(F)F)cn(C)c1=O)[C@H]1CCN(c2cnc3cn[nH]c3c2)C[C@H]1F. The number of amides is 4. The molecule has 0 radical (unpaired) electrons. The van der Waals surface area contributed by atoms with E-state index >= 15 is 8.78 Å². The molecule has 4 atom stereocenters. The van der Waals surface area contributed by atoms with E-state index in [4.69, 9.17) is 0 Å². The van der Waals surface area contributed by atoms with Crippen LogP contribution in [0.3, 0.4) is 0 Å². The number of hydrogen-bond acceptors (Lipinski definition) is 10. The molecule has 0 saturated carbocycles. The van der Waals surface area contributed by atoms with Crippen LogP contribution in [-0.2, 0) is 26.4 Å². The fourth-order valence-corrected chi connectivity index (χ4v) is 7.73. The van der Waals surface area contributed by atoms with Crippen LogP contribution in [0.15, 0.2) is 71.0 Å². The molecule has 2 aliphatic heterocycles.